The largest absolute Gasteiger partial charge is 0.390 e. The summed E-state index contributed by atoms with van der Waals surface area (Å²) in [6, 6.07) is 0. The topological polar surface area (TPSA) is 49.2 Å². The van der Waals surface area contributed by atoms with Gasteiger partial charge in [-0.05, 0) is 18.3 Å². The molecule has 1 aliphatic heterocycles. The van der Waals surface area contributed by atoms with E-state index in [2.05, 4.69) is 28.7 Å². The van der Waals surface area contributed by atoms with E-state index in [0.717, 1.165) is 18.9 Å². The molecule has 4 nitrogen and oxygen atoms in total. The highest BCUT2D eigenvalue weighted by Crippen LogP contribution is 2.31. The van der Waals surface area contributed by atoms with Crippen LogP contribution in [0.25, 0.3) is 0 Å². The van der Waals surface area contributed by atoms with Crippen LogP contribution in [-0.4, -0.2) is 28.2 Å². The molecule has 1 fully saturated rings. The van der Waals surface area contributed by atoms with Crippen molar-refractivity contribution in [2.24, 2.45) is 5.41 Å². The van der Waals surface area contributed by atoms with E-state index < -0.39 is 0 Å². The lowest BCUT2D eigenvalue weighted by Gasteiger charge is -2.37. The van der Waals surface area contributed by atoms with Crippen LogP contribution in [0.2, 0.25) is 0 Å². The molecule has 88 valence electrons. The molecule has 0 amide bonds. The van der Waals surface area contributed by atoms with Crippen LogP contribution in [0.15, 0.2) is 12.4 Å². The first kappa shape index (κ1) is 11.3. The molecule has 0 atom stereocenters. The third-order valence-electron chi connectivity index (χ3n) is 3.29. The minimum absolute atomic E-state index is 0.0414. The van der Waals surface area contributed by atoms with Crippen LogP contribution in [0.3, 0.4) is 0 Å². The standard InChI is InChI=1S/C12H19N3O/c1-12(2)3-5-15(6-4-12)11-8-13-10(9-16)7-14-11/h7-8,16H,3-6,9H2,1-2H3. The number of aliphatic hydroxyl groups is 1. The van der Waals surface area contributed by atoms with E-state index in [1.165, 1.54) is 12.8 Å². The first-order chi connectivity index (χ1) is 7.61. The minimum Gasteiger partial charge on any atom is -0.390 e. The molecule has 2 rings (SSSR count). The van der Waals surface area contributed by atoms with Gasteiger partial charge in [0.1, 0.15) is 5.82 Å². The number of hydrogen-bond donors (Lipinski definition) is 1. The highest BCUT2D eigenvalue weighted by atomic mass is 16.3. The summed E-state index contributed by atoms with van der Waals surface area (Å²) >= 11 is 0. The van der Waals surface area contributed by atoms with Gasteiger partial charge in [0, 0.05) is 13.1 Å². The zero-order valence-corrected chi connectivity index (χ0v) is 9.98. The number of anilines is 1. The molecular weight excluding hydrogens is 202 g/mol. The Morgan fingerprint density at radius 3 is 2.44 bits per heavy atom. The number of piperidine rings is 1. The average molecular weight is 221 g/mol. The molecule has 16 heavy (non-hydrogen) atoms. The second-order valence-electron chi connectivity index (χ2n) is 5.18. The van der Waals surface area contributed by atoms with Crippen LogP contribution in [0, 0.1) is 5.41 Å². The van der Waals surface area contributed by atoms with E-state index in [1.807, 2.05) is 0 Å². The average Bonchev–Trinajstić information content (AvgIpc) is 2.29. The van der Waals surface area contributed by atoms with Crippen LogP contribution in [0.4, 0.5) is 5.82 Å². The fourth-order valence-corrected chi connectivity index (χ4v) is 1.93. The van der Waals surface area contributed by atoms with Gasteiger partial charge in [0.15, 0.2) is 0 Å². The Morgan fingerprint density at radius 1 is 1.25 bits per heavy atom. The van der Waals surface area contributed by atoms with Gasteiger partial charge < -0.3 is 10.0 Å². The summed E-state index contributed by atoms with van der Waals surface area (Å²) in [5.41, 5.74) is 1.08. The van der Waals surface area contributed by atoms with Crippen molar-refractivity contribution in [1.82, 2.24) is 9.97 Å². The lowest BCUT2D eigenvalue weighted by molar-refractivity contribution is 0.275. The first-order valence-corrected chi connectivity index (χ1v) is 5.77. The molecule has 0 aromatic carbocycles. The number of aliphatic hydroxyl groups excluding tert-OH is 1. The Labute approximate surface area is 96.3 Å². The third-order valence-corrected chi connectivity index (χ3v) is 3.29. The lowest BCUT2D eigenvalue weighted by Crippen LogP contribution is -2.37. The molecule has 0 saturated carbocycles. The molecule has 1 aromatic rings. The van der Waals surface area contributed by atoms with Crippen molar-refractivity contribution in [1.29, 1.82) is 0 Å². The second kappa shape index (κ2) is 4.37. The smallest absolute Gasteiger partial charge is 0.147 e. The zero-order chi connectivity index (χ0) is 11.6. The van der Waals surface area contributed by atoms with Crippen LogP contribution in [-0.2, 0) is 6.61 Å². The molecule has 1 saturated heterocycles. The molecule has 0 unspecified atom stereocenters. The Hall–Kier alpha value is -1.16. The maximum atomic E-state index is 8.89. The summed E-state index contributed by atoms with van der Waals surface area (Å²) in [4.78, 5) is 10.7. The fourth-order valence-electron chi connectivity index (χ4n) is 1.93. The van der Waals surface area contributed by atoms with Gasteiger partial charge in [0.25, 0.3) is 0 Å². The molecule has 1 aromatic heterocycles. The normalized spacial score (nSPS) is 19.8. The van der Waals surface area contributed by atoms with Gasteiger partial charge in [-0.2, -0.15) is 0 Å². The Kier molecular flexibility index (Phi) is 3.10. The molecule has 0 aliphatic carbocycles. The summed E-state index contributed by atoms with van der Waals surface area (Å²) in [7, 11) is 0. The van der Waals surface area contributed by atoms with Crippen LogP contribution < -0.4 is 4.90 Å². The molecule has 2 heterocycles. The van der Waals surface area contributed by atoms with Crippen molar-refractivity contribution in [3.63, 3.8) is 0 Å². The summed E-state index contributed by atoms with van der Waals surface area (Å²) in [5, 5.41) is 8.89. The van der Waals surface area contributed by atoms with Gasteiger partial charge >= 0.3 is 0 Å². The van der Waals surface area contributed by atoms with E-state index in [9.17, 15) is 0 Å². The quantitative estimate of drug-likeness (QED) is 0.824. The zero-order valence-electron chi connectivity index (χ0n) is 9.98. The van der Waals surface area contributed by atoms with Crippen LogP contribution >= 0.6 is 0 Å². The van der Waals surface area contributed by atoms with Gasteiger partial charge in [0.2, 0.25) is 0 Å². The number of nitrogens with zero attached hydrogens (tertiary/aromatic N) is 3. The molecule has 0 bridgehead atoms. The predicted molar refractivity (Wildman–Crippen MR) is 63.2 cm³/mol. The van der Waals surface area contributed by atoms with Crippen molar-refractivity contribution in [2.75, 3.05) is 18.0 Å². The Balaban J connectivity index is 2.03. The SMILES string of the molecule is CC1(C)CCN(c2cnc(CO)cn2)CC1. The van der Waals surface area contributed by atoms with Crippen LogP contribution in [0.5, 0.6) is 0 Å². The lowest BCUT2D eigenvalue weighted by atomic mass is 9.83. The van der Waals surface area contributed by atoms with E-state index in [0.29, 0.717) is 11.1 Å². The van der Waals surface area contributed by atoms with E-state index in [4.69, 9.17) is 5.11 Å². The summed E-state index contributed by atoms with van der Waals surface area (Å²) in [5.74, 6) is 0.924. The van der Waals surface area contributed by atoms with Crippen molar-refractivity contribution in [3.8, 4) is 0 Å². The highest BCUT2D eigenvalue weighted by molar-refractivity contribution is 5.36. The van der Waals surface area contributed by atoms with Gasteiger partial charge in [0.05, 0.1) is 24.7 Å². The number of aromatic nitrogens is 2. The fraction of sp³-hybridized carbons (Fsp3) is 0.667. The number of rotatable bonds is 2. The minimum atomic E-state index is -0.0414. The molecule has 0 spiro atoms. The maximum Gasteiger partial charge on any atom is 0.147 e. The Bertz CT molecular complexity index is 338. The third kappa shape index (κ3) is 2.50. The van der Waals surface area contributed by atoms with Crippen molar-refractivity contribution in [3.05, 3.63) is 18.1 Å². The van der Waals surface area contributed by atoms with E-state index >= 15 is 0 Å². The van der Waals surface area contributed by atoms with Crippen molar-refractivity contribution < 1.29 is 5.11 Å². The van der Waals surface area contributed by atoms with E-state index in [-0.39, 0.29) is 6.61 Å². The van der Waals surface area contributed by atoms with Crippen molar-refractivity contribution >= 4 is 5.82 Å². The van der Waals surface area contributed by atoms with Gasteiger partial charge in [-0.25, -0.2) is 4.98 Å². The molecule has 0 radical (unpaired) electrons. The highest BCUT2D eigenvalue weighted by Gasteiger charge is 2.25. The molecule has 4 heteroatoms. The monoisotopic (exact) mass is 221 g/mol. The Morgan fingerprint density at radius 2 is 1.94 bits per heavy atom. The van der Waals surface area contributed by atoms with E-state index in [1.54, 1.807) is 12.4 Å². The van der Waals surface area contributed by atoms with Gasteiger partial charge in [-0.15, -0.1) is 0 Å². The number of hydrogen-bond acceptors (Lipinski definition) is 4. The summed E-state index contributed by atoms with van der Waals surface area (Å²) < 4.78 is 0. The first-order valence-electron chi connectivity index (χ1n) is 5.77. The molecule has 1 N–H and O–H groups in total. The predicted octanol–water partition coefficient (Wildman–Crippen LogP) is 1.60. The van der Waals surface area contributed by atoms with Gasteiger partial charge in [-0.1, -0.05) is 13.8 Å². The summed E-state index contributed by atoms with van der Waals surface area (Å²) in [6.07, 6.45) is 5.78. The van der Waals surface area contributed by atoms with Gasteiger partial charge in [-0.3, -0.25) is 4.98 Å². The summed E-state index contributed by atoms with van der Waals surface area (Å²) in [6.45, 7) is 6.66. The molecular formula is C12H19N3O. The molecule has 1 aliphatic rings. The second-order valence-corrected chi connectivity index (χ2v) is 5.18. The van der Waals surface area contributed by atoms with Crippen LogP contribution in [0.1, 0.15) is 32.4 Å². The maximum absolute atomic E-state index is 8.89. The van der Waals surface area contributed by atoms with Crippen molar-refractivity contribution in [2.45, 2.75) is 33.3 Å².